The second-order valence-corrected chi connectivity index (χ2v) is 3.22. The lowest BCUT2D eigenvalue weighted by molar-refractivity contribution is 0.418. The number of methoxy groups -OCH3 is 1. The number of pyridine rings is 1. The van der Waals surface area contributed by atoms with Gasteiger partial charge in [0.05, 0.1) is 19.3 Å². The summed E-state index contributed by atoms with van der Waals surface area (Å²) in [6.45, 7) is 0.550. The number of hydrazine groups is 1. The summed E-state index contributed by atoms with van der Waals surface area (Å²) in [5.41, 5.74) is 4.35. The van der Waals surface area contributed by atoms with Crippen LogP contribution in [0.1, 0.15) is 5.69 Å². The number of benzene rings is 1. The molecule has 2 rings (SSSR count). The molecule has 0 saturated heterocycles. The molecule has 4 nitrogen and oxygen atoms in total. The van der Waals surface area contributed by atoms with Gasteiger partial charge in [-0.3, -0.25) is 11.3 Å². The second-order valence-electron chi connectivity index (χ2n) is 3.22. The number of ether oxygens (including phenoxy) is 1. The minimum Gasteiger partial charge on any atom is -0.494 e. The highest BCUT2D eigenvalue weighted by atomic mass is 16.5. The predicted octanol–water partition coefficient (Wildman–Crippen LogP) is 1.21. The first-order valence-corrected chi connectivity index (χ1v) is 4.71. The van der Waals surface area contributed by atoms with Crippen LogP contribution in [0.5, 0.6) is 5.75 Å². The van der Waals surface area contributed by atoms with E-state index in [1.165, 1.54) is 0 Å². The molecule has 2 aromatic rings. The molecular weight excluding hydrogens is 190 g/mol. The summed E-state index contributed by atoms with van der Waals surface area (Å²) in [7, 11) is 1.64. The number of rotatable bonds is 3. The van der Waals surface area contributed by atoms with Crippen LogP contribution in [0.25, 0.3) is 10.9 Å². The maximum atomic E-state index is 5.25. The van der Waals surface area contributed by atoms with Gasteiger partial charge in [0.2, 0.25) is 0 Å². The van der Waals surface area contributed by atoms with Gasteiger partial charge in [-0.2, -0.15) is 0 Å². The molecule has 0 amide bonds. The molecule has 0 aliphatic rings. The zero-order valence-corrected chi connectivity index (χ0v) is 8.53. The van der Waals surface area contributed by atoms with Crippen LogP contribution >= 0.6 is 0 Å². The van der Waals surface area contributed by atoms with Gasteiger partial charge >= 0.3 is 0 Å². The molecule has 3 N–H and O–H groups in total. The fourth-order valence-corrected chi connectivity index (χ4v) is 1.53. The monoisotopic (exact) mass is 203 g/mol. The molecule has 0 bridgehead atoms. The first kappa shape index (κ1) is 9.89. The van der Waals surface area contributed by atoms with E-state index in [2.05, 4.69) is 10.4 Å². The third kappa shape index (κ3) is 1.91. The van der Waals surface area contributed by atoms with Gasteiger partial charge in [-0.1, -0.05) is 18.2 Å². The Morgan fingerprint density at radius 2 is 2.20 bits per heavy atom. The topological polar surface area (TPSA) is 60.2 Å². The van der Waals surface area contributed by atoms with Crippen molar-refractivity contribution in [2.24, 2.45) is 5.84 Å². The highest BCUT2D eigenvalue weighted by Gasteiger charge is 2.03. The number of hydrogen-bond acceptors (Lipinski definition) is 4. The predicted molar refractivity (Wildman–Crippen MR) is 59.3 cm³/mol. The van der Waals surface area contributed by atoms with Crippen LogP contribution in [0.3, 0.4) is 0 Å². The molecule has 0 unspecified atom stereocenters. The van der Waals surface area contributed by atoms with E-state index in [0.717, 1.165) is 22.3 Å². The third-order valence-electron chi connectivity index (χ3n) is 2.24. The van der Waals surface area contributed by atoms with Crippen LogP contribution in [0.2, 0.25) is 0 Å². The molecule has 4 heteroatoms. The lowest BCUT2D eigenvalue weighted by Gasteiger charge is -2.06. The number of fused-ring (bicyclic) bond motifs is 1. The van der Waals surface area contributed by atoms with Gasteiger partial charge in [0.15, 0.2) is 0 Å². The largest absolute Gasteiger partial charge is 0.494 e. The SMILES string of the molecule is COc1cccc2ccc(CNN)nc12. The fourth-order valence-electron chi connectivity index (χ4n) is 1.53. The number of nitrogens with one attached hydrogen (secondary N) is 1. The molecule has 0 aliphatic carbocycles. The van der Waals surface area contributed by atoms with E-state index in [9.17, 15) is 0 Å². The molecule has 78 valence electrons. The normalized spacial score (nSPS) is 10.5. The van der Waals surface area contributed by atoms with E-state index in [0.29, 0.717) is 6.54 Å². The van der Waals surface area contributed by atoms with Crippen LogP contribution in [-0.4, -0.2) is 12.1 Å². The van der Waals surface area contributed by atoms with Gasteiger partial charge in [0, 0.05) is 5.39 Å². The molecule has 0 fully saturated rings. The average Bonchev–Trinajstić information content (AvgIpc) is 2.28. The van der Waals surface area contributed by atoms with Crippen molar-refractivity contribution in [1.29, 1.82) is 0 Å². The minimum absolute atomic E-state index is 0.550. The number of nitrogens with two attached hydrogens (primary N) is 1. The van der Waals surface area contributed by atoms with Gasteiger partial charge in [-0.15, -0.1) is 0 Å². The summed E-state index contributed by atoms with van der Waals surface area (Å²) < 4.78 is 5.25. The Kier molecular flexibility index (Phi) is 2.80. The Balaban J connectivity index is 2.57. The number of hydrogen-bond donors (Lipinski definition) is 2. The molecule has 1 aromatic heterocycles. The lowest BCUT2D eigenvalue weighted by atomic mass is 10.2. The Bertz CT molecular complexity index is 470. The van der Waals surface area contributed by atoms with Gasteiger partial charge in [0.1, 0.15) is 11.3 Å². The van der Waals surface area contributed by atoms with E-state index in [1.54, 1.807) is 7.11 Å². The van der Waals surface area contributed by atoms with Crippen molar-refractivity contribution in [2.75, 3.05) is 7.11 Å². The third-order valence-corrected chi connectivity index (χ3v) is 2.24. The van der Waals surface area contributed by atoms with E-state index in [1.807, 2.05) is 30.3 Å². The summed E-state index contributed by atoms with van der Waals surface area (Å²) in [6, 6.07) is 9.81. The Labute approximate surface area is 88.0 Å². The van der Waals surface area contributed by atoms with Crippen molar-refractivity contribution < 1.29 is 4.74 Å². The van der Waals surface area contributed by atoms with E-state index in [4.69, 9.17) is 10.6 Å². The fraction of sp³-hybridized carbons (Fsp3) is 0.182. The number of aromatic nitrogens is 1. The molecule has 15 heavy (non-hydrogen) atoms. The van der Waals surface area contributed by atoms with Gasteiger partial charge in [-0.25, -0.2) is 4.98 Å². The van der Waals surface area contributed by atoms with Crippen molar-refractivity contribution in [3.05, 3.63) is 36.0 Å². The summed E-state index contributed by atoms with van der Waals surface area (Å²) in [5.74, 6) is 6.04. The average molecular weight is 203 g/mol. The molecule has 0 saturated carbocycles. The van der Waals surface area contributed by atoms with E-state index < -0.39 is 0 Å². The minimum atomic E-state index is 0.550. The lowest BCUT2D eigenvalue weighted by Crippen LogP contribution is -2.21. The Hall–Kier alpha value is -1.65. The summed E-state index contributed by atoms with van der Waals surface area (Å²) >= 11 is 0. The van der Waals surface area contributed by atoms with Crippen LogP contribution in [-0.2, 0) is 6.54 Å². The Morgan fingerprint density at radius 3 is 2.93 bits per heavy atom. The van der Waals surface area contributed by atoms with Gasteiger partial charge < -0.3 is 4.74 Å². The van der Waals surface area contributed by atoms with Gasteiger partial charge in [0.25, 0.3) is 0 Å². The maximum absolute atomic E-state index is 5.25. The van der Waals surface area contributed by atoms with Crippen LogP contribution in [0, 0.1) is 0 Å². The summed E-state index contributed by atoms with van der Waals surface area (Å²) in [4.78, 5) is 4.47. The summed E-state index contributed by atoms with van der Waals surface area (Å²) in [6.07, 6.45) is 0. The quantitative estimate of drug-likeness (QED) is 0.581. The van der Waals surface area contributed by atoms with Crippen molar-refractivity contribution in [1.82, 2.24) is 10.4 Å². The zero-order valence-electron chi connectivity index (χ0n) is 8.53. The first-order chi connectivity index (χ1) is 7.35. The molecular formula is C11H13N3O. The molecule has 0 atom stereocenters. The van der Waals surface area contributed by atoms with Crippen molar-refractivity contribution in [2.45, 2.75) is 6.54 Å². The number of para-hydroxylation sites is 1. The molecule has 1 heterocycles. The molecule has 1 aromatic carbocycles. The van der Waals surface area contributed by atoms with Crippen molar-refractivity contribution in [3.8, 4) is 5.75 Å². The van der Waals surface area contributed by atoms with Crippen LogP contribution in [0.4, 0.5) is 0 Å². The summed E-state index contributed by atoms with van der Waals surface area (Å²) in [5, 5.41) is 1.06. The highest BCUT2D eigenvalue weighted by Crippen LogP contribution is 2.23. The van der Waals surface area contributed by atoms with Crippen molar-refractivity contribution in [3.63, 3.8) is 0 Å². The van der Waals surface area contributed by atoms with E-state index >= 15 is 0 Å². The zero-order chi connectivity index (χ0) is 10.7. The smallest absolute Gasteiger partial charge is 0.145 e. The molecule has 0 radical (unpaired) electrons. The Morgan fingerprint density at radius 1 is 1.33 bits per heavy atom. The van der Waals surface area contributed by atoms with Crippen LogP contribution in [0.15, 0.2) is 30.3 Å². The van der Waals surface area contributed by atoms with Crippen LogP contribution < -0.4 is 16.0 Å². The number of nitrogens with zero attached hydrogens (tertiary/aromatic N) is 1. The van der Waals surface area contributed by atoms with Gasteiger partial charge in [-0.05, 0) is 12.1 Å². The standard InChI is InChI=1S/C11H13N3O/c1-15-10-4-2-3-8-5-6-9(7-13-12)14-11(8)10/h2-6,13H,7,12H2,1H3. The molecule has 0 spiro atoms. The highest BCUT2D eigenvalue weighted by molar-refractivity contribution is 5.84. The molecule has 0 aliphatic heterocycles. The van der Waals surface area contributed by atoms with E-state index in [-0.39, 0.29) is 0 Å². The maximum Gasteiger partial charge on any atom is 0.145 e. The second kappa shape index (κ2) is 4.25. The van der Waals surface area contributed by atoms with Crippen molar-refractivity contribution >= 4 is 10.9 Å². The first-order valence-electron chi connectivity index (χ1n) is 4.71.